The molecule has 0 bridgehead atoms. The lowest BCUT2D eigenvalue weighted by atomic mass is 9.35. The Kier molecular flexibility index (Phi) is 4.94. The molecule has 0 fully saturated rings. The van der Waals surface area contributed by atoms with Gasteiger partial charge in [0.25, 0.3) is 6.42 Å². The van der Waals surface area contributed by atoms with Crippen LogP contribution >= 0.6 is 0 Å². The van der Waals surface area contributed by atoms with Crippen molar-refractivity contribution in [2.24, 2.45) is 4.90 Å². The second-order valence-electron chi connectivity index (χ2n) is 6.59. The van der Waals surface area contributed by atoms with Crippen molar-refractivity contribution in [1.29, 1.82) is 0 Å². The Balaban J connectivity index is 2.35. The Morgan fingerprint density at radius 2 is 1.42 bits per heavy atom. The quantitative estimate of drug-likeness (QED) is 0.759. The van der Waals surface area contributed by atoms with Crippen LogP contribution in [-0.4, -0.2) is 29.7 Å². The Bertz CT molecular complexity index is 774. The van der Waals surface area contributed by atoms with Crippen molar-refractivity contribution in [2.75, 3.05) is 6.54 Å². The van der Waals surface area contributed by atoms with Crippen LogP contribution in [0.3, 0.4) is 0 Å². The third-order valence-electron chi connectivity index (χ3n) is 4.86. The van der Waals surface area contributed by atoms with Crippen LogP contribution in [-0.2, 0) is 0 Å². The summed E-state index contributed by atoms with van der Waals surface area (Å²) in [6.45, 7) is 4.38. The van der Waals surface area contributed by atoms with Crippen LogP contribution in [0.2, 0.25) is 0 Å². The maximum absolute atomic E-state index is 13.6. The molecule has 2 aromatic carbocycles. The number of hydrogen-bond acceptors (Lipinski definition) is 2. The molecule has 0 amide bonds. The van der Waals surface area contributed by atoms with Gasteiger partial charge in [-0.1, -0.05) is 67.6 Å². The molecule has 0 spiro atoms. The van der Waals surface area contributed by atoms with Crippen molar-refractivity contribution in [3.63, 3.8) is 0 Å². The third-order valence-corrected chi connectivity index (χ3v) is 4.86. The summed E-state index contributed by atoms with van der Waals surface area (Å²) >= 11 is 0. The zero-order valence-corrected chi connectivity index (χ0v) is 14.9. The number of halogens is 3. The molecule has 6 heteroatoms. The van der Waals surface area contributed by atoms with E-state index in [1.807, 2.05) is 72.4 Å². The lowest BCUT2D eigenvalue weighted by Crippen LogP contribution is -2.70. The van der Waals surface area contributed by atoms with E-state index in [-0.39, 0.29) is 0 Å². The van der Waals surface area contributed by atoms with Gasteiger partial charge in [-0.3, -0.25) is 0 Å². The molecule has 0 saturated heterocycles. The molecule has 0 N–H and O–H groups in total. The van der Waals surface area contributed by atoms with E-state index in [9.17, 15) is 13.2 Å². The predicted molar refractivity (Wildman–Crippen MR) is 102 cm³/mol. The summed E-state index contributed by atoms with van der Waals surface area (Å²) in [5, 5.41) is 0. The fourth-order valence-corrected chi connectivity index (χ4v) is 3.79. The molecule has 2 aromatic rings. The summed E-state index contributed by atoms with van der Waals surface area (Å²) in [4.78, 5) is 6.41. The number of rotatable bonds is 4. The monoisotopic (exact) mass is 357 g/mol. The Hall–Kier alpha value is -2.50. The fourth-order valence-electron chi connectivity index (χ4n) is 3.79. The molecule has 0 aliphatic carbocycles. The minimum Gasteiger partial charge on any atom is -0.523 e. The zero-order valence-electron chi connectivity index (χ0n) is 14.9. The zero-order chi connectivity index (χ0) is 18.8. The van der Waals surface area contributed by atoms with Gasteiger partial charge in [-0.25, -0.2) is 0 Å². The van der Waals surface area contributed by atoms with E-state index >= 15 is 0 Å². The van der Waals surface area contributed by atoms with Gasteiger partial charge in [-0.05, 0) is 31.7 Å². The van der Waals surface area contributed by atoms with Gasteiger partial charge in [0.2, 0.25) is 0 Å². The molecule has 1 aliphatic heterocycles. The number of benzene rings is 2. The van der Waals surface area contributed by atoms with Gasteiger partial charge < -0.3 is 9.71 Å². The number of allylic oxidation sites excluding steroid dienone is 2. The first-order valence-corrected chi connectivity index (χ1v) is 8.78. The first kappa shape index (κ1) is 18.3. The molecule has 0 saturated carbocycles. The van der Waals surface area contributed by atoms with Crippen LogP contribution in [0.5, 0.6) is 0 Å². The fraction of sp³-hybridized carbons (Fsp3) is 0.250. The topological polar surface area (TPSA) is 15.6 Å². The summed E-state index contributed by atoms with van der Waals surface area (Å²) in [6, 6.07) is 18.6. The Labute approximate surface area is 152 Å². The molecule has 0 unspecified atom stereocenters. The summed E-state index contributed by atoms with van der Waals surface area (Å²) < 4.78 is 40.9. The van der Waals surface area contributed by atoms with Crippen molar-refractivity contribution >= 4 is 23.1 Å². The molecule has 0 aromatic heterocycles. The molecular weight excluding hydrogens is 336 g/mol. The summed E-state index contributed by atoms with van der Waals surface area (Å²) in [5.41, 5.74) is 1.32. The van der Waals surface area contributed by atoms with E-state index in [0.717, 1.165) is 23.4 Å². The van der Waals surface area contributed by atoms with Crippen molar-refractivity contribution in [3.05, 3.63) is 72.4 Å². The maximum Gasteiger partial charge on any atom is 0.429 e. The van der Waals surface area contributed by atoms with Crippen molar-refractivity contribution in [1.82, 2.24) is 4.81 Å². The van der Waals surface area contributed by atoms with Gasteiger partial charge in [0.05, 0.1) is 5.71 Å². The van der Waals surface area contributed by atoms with Crippen LogP contribution in [0.1, 0.15) is 20.3 Å². The molecule has 3 rings (SSSR count). The van der Waals surface area contributed by atoms with Gasteiger partial charge in [0, 0.05) is 0 Å². The van der Waals surface area contributed by atoms with E-state index in [4.69, 9.17) is 0 Å². The first-order chi connectivity index (χ1) is 12.4. The van der Waals surface area contributed by atoms with E-state index in [1.165, 1.54) is 0 Å². The van der Waals surface area contributed by atoms with Gasteiger partial charge >= 0.3 is 6.18 Å². The predicted octanol–water partition coefficient (Wildman–Crippen LogP) is 3.88. The van der Waals surface area contributed by atoms with Gasteiger partial charge in [0.1, 0.15) is 0 Å². The summed E-state index contributed by atoms with van der Waals surface area (Å²) in [6.07, 6.45) is -4.64. The highest BCUT2D eigenvalue weighted by Gasteiger charge is 2.42. The minimum absolute atomic E-state index is 0.585. The minimum atomic E-state index is -4.49. The van der Waals surface area contributed by atoms with Crippen LogP contribution in [0, 0.1) is 0 Å². The smallest absolute Gasteiger partial charge is 0.429 e. The van der Waals surface area contributed by atoms with Crippen molar-refractivity contribution in [3.8, 4) is 0 Å². The van der Waals surface area contributed by atoms with E-state index in [2.05, 4.69) is 4.90 Å². The number of alkyl halides is 3. The lowest BCUT2D eigenvalue weighted by molar-refractivity contribution is -0.0577. The summed E-state index contributed by atoms with van der Waals surface area (Å²) in [5.74, 6) is 0. The molecule has 0 atom stereocenters. The molecule has 0 radical (unpaired) electrons. The van der Waals surface area contributed by atoms with Crippen LogP contribution in [0.15, 0.2) is 77.3 Å². The molecule has 1 aliphatic rings. The largest absolute Gasteiger partial charge is 0.523 e. The molecule has 136 valence electrons. The normalized spacial score (nSPS) is 16.9. The van der Waals surface area contributed by atoms with Crippen LogP contribution in [0.4, 0.5) is 13.2 Å². The van der Waals surface area contributed by atoms with Gasteiger partial charge in [-0.15, -0.1) is 0 Å². The second kappa shape index (κ2) is 7.02. The average Bonchev–Trinajstić information content (AvgIpc) is 2.64. The Morgan fingerprint density at radius 3 is 1.85 bits per heavy atom. The average molecular weight is 357 g/mol. The van der Waals surface area contributed by atoms with Gasteiger partial charge in [0.15, 0.2) is 0 Å². The maximum atomic E-state index is 13.6. The lowest BCUT2D eigenvalue weighted by Gasteiger charge is -2.54. The van der Waals surface area contributed by atoms with Crippen LogP contribution in [0.25, 0.3) is 0 Å². The highest BCUT2D eigenvalue weighted by Crippen LogP contribution is 2.29. The molecule has 1 heterocycles. The SMILES string of the molecule is CCCN1C(C)=CC(C(F)(F)F)=N[B-]1(c1ccccc1)c1ccccc1. The third kappa shape index (κ3) is 3.16. The molecule has 26 heavy (non-hydrogen) atoms. The molecular formula is C20H21BF3N2-. The number of nitrogens with zero attached hydrogens (tertiary/aromatic N) is 2. The number of hydrogen-bond donors (Lipinski definition) is 0. The standard InChI is InChI=1S/C20H21BF3N2/c1-3-14-26-16(2)15-19(20(22,23)24)25-21(26,17-10-6-4-7-11-17)18-12-8-5-9-13-18/h4-13,15H,3,14H2,1-2H3/q-1. The van der Waals surface area contributed by atoms with Crippen LogP contribution < -0.4 is 10.9 Å². The first-order valence-electron chi connectivity index (χ1n) is 8.78. The highest BCUT2D eigenvalue weighted by atomic mass is 19.4. The molecule has 2 nitrogen and oxygen atoms in total. The Morgan fingerprint density at radius 1 is 0.923 bits per heavy atom. The van der Waals surface area contributed by atoms with Gasteiger partial charge in [-0.2, -0.15) is 24.1 Å². The van der Waals surface area contributed by atoms with Crippen molar-refractivity contribution < 1.29 is 13.2 Å². The highest BCUT2D eigenvalue weighted by molar-refractivity contribution is 7.00. The van der Waals surface area contributed by atoms with Crippen molar-refractivity contribution in [2.45, 2.75) is 26.4 Å². The van der Waals surface area contributed by atoms with E-state index in [1.54, 1.807) is 6.92 Å². The summed E-state index contributed by atoms with van der Waals surface area (Å²) in [7, 11) is 0. The van der Waals surface area contributed by atoms with E-state index < -0.39 is 18.3 Å². The van der Waals surface area contributed by atoms with E-state index in [0.29, 0.717) is 12.2 Å². The second-order valence-corrected chi connectivity index (χ2v) is 6.59.